The summed E-state index contributed by atoms with van der Waals surface area (Å²) in [6, 6.07) is 5.64. The van der Waals surface area contributed by atoms with Crippen LogP contribution < -0.4 is 5.32 Å². The minimum atomic E-state index is -0.0641. The Labute approximate surface area is 130 Å². The van der Waals surface area contributed by atoms with Crippen molar-refractivity contribution in [3.63, 3.8) is 0 Å². The molecular formula is C17H21N3O2. The van der Waals surface area contributed by atoms with Gasteiger partial charge >= 0.3 is 0 Å². The summed E-state index contributed by atoms with van der Waals surface area (Å²) < 4.78 is 5.49. The maximum atomic E-state index is 12.2. The van der Waals surface area contributed by atoms with Crippen molar-refractivity contribution < 1.29 is 9.21 Å². The maximum Gasteiger partial charge on any atom is 0.221 e. The SMILES string of the molecule is Cc1ccnc([C@H](NC(=O)CCc2ccc(C)o2)C2CC2)n1. The molecule has 5 nitrogen and oxygen atoms in total. The van der Waals surface area contributed by atoms with Gasteiger partial charge in [-0.25, -0.2) is 9.97 Å². The Morgan fingerprint density at radius 3 is 2.82 bits per heavy atom. The van der Waals surface area contributed by atoms with E-state index in [0.717, 1.165) is 35.9 Å². The molecule has 1 N–H and O–H groups in total. The van der Waals surface area contributed by atoms with Crippen molar-refractivity contribution in [1.29, 1.82) is 0 Å². The number of nitrogens with zero attached hydrogens (tertiary/aromatic N) is 2. The zero-order valence-corrected chi connectivity index (χ0v) is 13.0. The molecule has 5 heteroatoms. The summed E-state index contributed by atoms with van der Waals surface area (Å²) >= 11 is 0. The third-order valence-corrected chi connectivity index (χ3v) is 3.90. The van der Waals surface area contributed by atoms with E-state index in [9.17, 15) is 4.79 Å². The lowest BCUT2D eigenvalue weighted by molar-refractivity contribution is -0.122. The molecule has 1 saturated carbocycles. The number of amides is 1. The van der Waals surface area contributed by atoms with E-state index in [1.807, 2.05) is 32.0 Å². The fourth-order valence-corrected chi connectivity index (χ4v) is 2.54. The number of nitrogens with one attached hydrogen (secondary N) is 1. The van der Waals surface area contributed by atoms with E-state index < -0.39 is 0 Å². The quantitative estimate of drug-likeness (QED) is 0.890. The van der Waals surface area contributed by atoms with Gasteiger partial charge in [0.1, 0.15) is 11.5 Å². The number of hydrogen-bond donors (Lipinski definition) is 1. The molecule has 0 unspecified atom stereocenters. The summed E-state index contributed by atoms with van der Waals surface area (Å²) in [4.78, 5) is 21.0. The summed E-state index contributed by atoms with van der Waals surface area (Å²) in [5.74, 6) is 2.94. The van der Waals surface area contributed by atoms with Crippen molar-refractivity contribution in [1.82, 2.24) is 15.3 Å². The summed E-state index contributed by atoms with van der Waals surface area (Å²) in [6.07, 6.45) is 5.04. The molecule has 0 radical (unpaired) electrons. The van der Waals surface area contributed by atoms with Crippen LogP contribution in [-0.2, 0) is 11.2 Å². The van der Waals surface area contributed by atoms with Gasteiger partial charge in [-0.05, 0) is 50.8 Å². The Hall–Kier alpha value is -2.17. The number of furan rings is 1. The standard InChI is InChI=1S/C17H21N3O2/c1-11-9-10-18-17(19-11)16(13-4-5-13)20-15(21)8-7-14-6-3-12(2)22-14/h3,6,9-10,13,16H,4-5,7-8H2,1-2H3,(H,20,21)/t16-/m1/s1. The van der Waals surface area contributed by atoms with Crippen LogP contribution in [0.5, 0.6) is 0 Å². The number of carbonyl (C=O) groups excluding carboxylic acids is 1. The van der Waals surface area contributed by atoms with E-state index >= 15 is 0 Å². The monoisotopic (exact) mass is 299 g/mol. The topological polar surface area (TPSA) is 68.0 Å². The molecule has 0 saturated heterocycles. The largest absolute Gasteiger partial charge is 0.466 e. The van der Waals surface area contributed by atoms with Crippen LogP contribution in [0.1, 0.15) is 48.3 Å². The highest BCUT2D eigenvalue weighted by Gasteiger charge is 2.35. The minimum Gasteiger partial charge on any atom is -0.466 e. The molecule has 2 aromatic rings. The van der Waals surface area contributed by atoms with Crippen LogP contribution in [-0.4, -0.2) is 15.9 Å². The van der Waals surface area contributed by atoms with Crippen molar-refractivity contribution in [2.75, 3.05) is 0 Å². The van der Waals surface area contributed by atoms with E-state index in [1.54, 1.807) is 6.20 Å². The Morgan fingerprint density at radius 2 is 2.18 bits per heavy atom. The van der Waals surface area contributed by atoms with Crippen LogP contribution in [0.25, 0.3) is 0 Å². The summed E-state index contributed by atoms with van der Waals surface area (Å²) in [7, 11) is 0. The molecule has 1 aliphatic carbocycles. The average molecular weight is 299 g/mol. The van der Waals surface area contributed by atoms with Crippen LogP contribution in [0.15, 0.2) is 28.8 Å². The molecular weight excluding hydrogens is 278 g/mol. The maximum absolute atomic E-state index is 12.2. The average Bonchev–Trinajstić information content (AvgIpc) is 3.25. The highest BCUT2D eigenvalue weighted by molar-refractivity contribution is 5.76. The van der Waals surface area contributed by atoms with Gasteiger partial charge in [-0.3, -0.25) is 4.79 Å². The van der Waals surface area contributed by atoms with E-state index in [0.29, 0.717) is 18.8 Å². The second-order valence-corrected chi connectivity index (χ2v) is 5.95. The molecule has 3 rings (SSSR count). The fraction of sp³-hybridized carbons (Fsp3) is 0.471. The molecule has 0 bridgehead atoms. The van der Waals surface area contributed by atoms with Gasteiger partial charge < -0.3 is 9.73 Å². The highest BCUT2D eigenvalue weighted by Crippen LogP contribution is 2.39. The van der Waals surface area contributed by atoms with Crippen LogP contribution in [0.2, 0.25) is 0 Å². The molecule has 0 aliphatic heterocycles. The molecule has 22 heavy (non-hydrogen) atoms. The second-order valence-electron chi connectivity index (χ2n) is 5.95. The van der Waals surface area contributed by atoms with Crippen LogP contribution in [0.4, 0.5) is 0 Å². The molecule has 2 heterocycles. The van der Waals surface area contributed by atoms with Crippen molar-refractivity contribution in [2.24, 2.45) is 5.92 Å². The summed E-state index contributed by atoms with van der Waals surface area (Å²) in [5.41, 5.74) is 0.927. The molecule has 2 aromatic heterocycles. The van der Waals surface area contributed by atoms with Gasteiger partial charge in [0.2, 0.25) is 5.91 Å². The van der Waals surface area contributed by atoms with Gasteiger partial charge in [0.15, 0.2) is 5.82 Å². The number of hydrogen-bond acceptors (Lipinski definition) is 4. The lowest BCUT2D eigenvalue weighted by Crippen LogP contribution is -2.31. The molecule has 1 atom stereocenters. The normalized spacial score (nSPS) is 15.5. The zero-order chi connectivity index (χ0) is 15.5. The van der Waals surface area contributed by atoms with Gasteiger partial charge in [-0.15, -0.1) is 0 Å². The number of aromatic nitrogens is 2. The van der Waals surface area contributed by atoms with Gasteiger partial charge in [-0.2, -0.15) is 0 Å². The van der Waals surface area contributed by atoms with Crippen molar-refractivity contribution in [3.8, 4) is 0 Å². The zero-order valence-electron chi connectivity index (χ0n) is 13.0. The van der Waals surface area contributed by atoms with Gasteiger partial charge in [-0.1, -0.05) is 0 Å². The van der Waals surface area contributed by atoms with Crippen molar-refractivity contribution in [2.45, 2.75) is 45.6 Å². The van der Waals surface area contributed by atoms with E-state index in [1.165, 1.54) is 0 Å². The number of rotatable bonds is 6. The van der Waals surface area contributed by atoms with Gasteiger partial charge in [0.25, 0.3) is 0 Å². The Morgan fingerprint density at radius 1 is 1.36 bits per heavy atom. The smallest absolute Gasteiger partial charge is 0.221 e. The lowest BCUT2D eigenvalue weighted by atomic mass is 10.1. The van der Waals surface area contributed by atoms with Crippen molar-refractivity contribution in [3.05, 3.63) is 47.4 Å². The molecule has 0 aromatic carbocycles. The minimum absolute atomic E-state index is 0.0241. The predicted molar refractivity (Wildman–Crippen MR) is 82.1 cm³/mol. The van der Waals surface area contributed by atoms with Crippen LogP contribution in [0.3, 0.4) is 0 Å². The number of aryl methyl sites for hydroxylation is 3. The third-order valence-electron chi connectivity index (χ3n) is 3.90. The van der Waals surface area contributed by atoms with Gasteiger partial charge in [0.05, 0.1) is 6.04 Å². The second kappa shape index (κ2) is 6.30. The Balaban J connectivity index is 1.60. The first-order valence-corrected chi connectivity index (χ1v) is 7.76. The summed E-state index contributed by atoms with van der Waals surface area (Å²) in [6.45, 7) is 3.85. The predicted octanol–water partition coefficient (Wildman–Crippen LogP) is 2.89. The number of carbonyl (C=O) groups is 1. The Bertz CT molecular complexity index is 661. The Kier molecular flexibility index (Phi) is 4.22. The lowest BCUT2D eigenvalue weighted by Gasteiger charge is -2.17. The van der Waals surface area contributed by atoms with E-state index in [4.69, 9.17) is 4.42 Å². The first-order valence-electron chi connectivity index (χ1n) is 7.76. The summed E-state index contributed by atoms with van der Waals surface area (Å²) in [5, 5.41) is 3.09. The van der Waals surface area contributed by atoms with Crippen LogP contribution >= 0.6 is 0 Å². The first kappa shape index (κ1) is 14.8. The van der Waals surface area contributed by atoms with E-state index in [-0.39, 0.29) is 11.9 Å². The highest BCUT2D eigenvalue weighted by atomic mass is 16.3. The molecule has 1 amide bonds. The van der Waals surface area contributed by atoms with Crippen LogP contribution in [0, 0.1) is 19.8 Å². The molecule has 1 fully saturated rings. The van der Waals surface area contributed by atoms with Gasteiger partial charge in [0, 0.05) is 24.7 Å². The molecule has 0 spiro atoms. The van der Waals surface area contributed by atoms with E-state index in [2.05, 4.69) is 15.3 Å². The third kappa shape index (κ3) is 3.72. The molecule has 1 aliphatic rings. The van der Waals surface area contributed by atoms with Crippen molar-refractivity contribution >= 4 is 5.91 Å². The fourth-order valence-electron chi connectivity index (χ4n) is 2.54. The first-order chi connectivity index (χ1) is 10.6. The molecule has 116 valence electrons.